The molecule has 0 saturated carbocycles. The number of halogens is 1. The zero-order valence-electron chi connectivity index (χ0n) is 13.6. The Kier molecular flexibility index (Phi) is 5.66. The lowest BCUT2D eigenvalue weighted by atomic mass is 10.2. The summed E-state index contributed by atoms with van der Waals surface area (Å²) in [5, 5.41) is 9.25. The molecule has 0 aliphatic rings. The summed E-state index contributed by atoms with van der Waals surface area (Å²) in [4.78, 5) is 19.2. The molecule has 0 amide bonds. The number of rotatable bonds is 7. The van der Waals surface area contributed by atoms with Crippen LogP contribution in [0.2, 0.25) is 5.02 Å². The van der Waals surface area contributed by atoms with E-state index in [2.05, 4.69) is 9.97 Å². The number of ether oxygens (including phenoxy) is 2. The van der Waals surface area contributed by atoms with E-state index in [1.807, 2.05) is 12.1 Å². The summed E-state index contributed by atoms with van der Waals surface area (Å²) in [5.41, 5.74) is 1.60. The van der Waals surface area contributed by atoms with Crippen LogP contribution in [-0.2, 0) is 11.4 Å². The number of aliphatic carboxylic acids is 1. The van der Waals surface area contributed by atoms with Crippen molar-refractivity contribution in [1.29, 1.82) is 0 Å². The largest absolute Gasteiger partial charge is 0.487 e. The maximum atomic E-state index is 10.5. The highest BCUT2D eigenvalue weighted by atomic mass is 35.5. The lowest BCUT2D eigenvalue weighted by Crippen LogP contribution is -2.09. The summed E-state index contributed by atoms with van der Waals surface area (Å²) in [7, 11) is 0. The van der Waals surface area contributed by atoms with Crippen LogP contribution < -0.4 is 9.47 Å². The zero-order chi connectivity index (χ0) is 18.4. The normalized spacial score (nSPS) is 10.3. The Hall–Kier alpha value is -3.12. The van der Waals surface area contributed by atoms with Crippen LogP contribution >= 0.6 is 11.6 Å². The van der Waals surface area contributed by atoms with Crippen LogP contribution in [0.4, 0.5) is 0 Å². The molecule has 0 atom stereocenters. The van der Waals surface area contributed by atoms with Crippen molar-refractivity contribution in [3.05, 3.63) is 71.5 Å². The molecule has 6 nitrogen and oxygen atoms in total. The smallest absolute Gasteiger partial charge is 0.341 e. The molecular formula is C19H15ClN2O4. The molecule has 1 heterocycles. The topological polar surface area (TPSA) is 81.5 Å². The second-order valence-electron chi connectivity index (χ2n) is 5.32. The predicted molar refractivity (Wildman–Crippen MR) is 96.4 cm³/mol. The van der Waals surface area contributed by atoms with Crippen LogP contribution in [-0.4, -0.2) is 27.7 Å². The predicted octanol–water partition coefficient (Wildman–Crippen LogP) is 3.84. The molecule has 0 unspecified atom stereocenters. The van der Waals surface area contributed by atoms with Crippen molar-refractivity contribution in [2.45, 2.75) is 6.61 Å². The molecule has 0 bridgehead atoms. The van der Waals surface area contributed by atoms with Crippen LogP contribution in [0.25, 0.3) is 11.4 Å². The van der Waals surface area contributed by atoms with Gasteiger partial charge >= 0.3 is 5.97 Å². The van der Waals surface area contributed by atoms with Gasteiger partial charge in [-0.15, -0.1) is 0 Å². The third-order valence-corrected chi connectivity index (χ3v) is 3.64. The van der Waals surface area contributed by atoms with Crippen molar-refractivity contribution < 1.29 is 19.4 Å². The average molecular weight is 371 g/mol. The first-order valence-corrected chi connectivity index (χ1v) is 8.13. The maximum Gasteiger partial charge on any atom is 0.341 e. The summed E-state index contributed by atoms with van der Waals surface area (Å²) in [6.07, 6.45) is 1.68. The van der Waals surface area contributed by atoms with Crippen LogP contribution in [0.1, 0.15) is 5.69 Å². The van der Waals surface area contributed by atoms with E-state index < -0.39 is 5.97 Å². The zero-order valence-corrected chi connectivity index (χ0v) is 14.4. The molecule has 1 N–H and O–H groups in total. The van der Waals surface area contributed by atoms with Gasteiger partial charge in [-0.1, -0.05) is 11.6 Å². The number of hydrogen-bond donors (Lipinski definition) is 1. The molecule has 0 fully saturated rings. The van der Waals surface area contributed by atoms with Gasteiger partial charge in [0.2, 0.25) is 0 Å². The minimum atomic E-state index is -1.02. The van der Waals surface area contributed by atoms with Crippen molar-refractivity contribution in [2.24, 2.45) is 0 Å². The lowest BCUT2D eigenvalue weighted by molar-refractivity contribution is -0.139. The SMILES string of the molecule is O=C(O)COc1ccc(OCc2ccnc(-c3ccc(Cl)cc3)n2)cc1. The Morgan fingerprint density at radius 3 is 2.27 bits per heavy atom. The van der Waals surface area contributed by atoms with Crippen molar-refractivity contribution in [1.82, 2.24) is 9.97 Å². The molecule has 0 spiro atoms. The summed E-state index contributed by atoms with van der Waals surface area (Å²) in [5.74, 6) is 0.664. The highest BCUT2D eigenvalue weighted by molar-refractivity contribution is 6.30. The number of carboxylic acids is 1. The second kappa shape index (κ2) is 8.31. The van der Waals surface area contributed by atoms with Crippen molar-refractivity contribution in [3.8, 4) is 22.9 Å². The third-order valence-electron chi connectivity index (χ3n) is 3.39. The molecule has 132 valence electrons. The molecular weight excluding hydrogens is 356 g/mol. The third kappa shape index (κ3) is 4.94. The Labute approximate surface area is 155 Å². The summed E-state index contributed by atoms with van der Waals surface area (Å²) >= 11 is 5.90. The van der Waals surface area contributed by atoms with Gasteiger partial charge in [0.05, 0.1) is 5.69 Å². The first-order chi connectivity index (χ1) is 12.6. The molecule has 2 aromatic carbocycles. The first-order valence-electron chi connectivity index (χ1n) is 7.75. The number of hydrogen-bond acceptors (Lipinski definition) is 5. The minimum absolute atomic E-state index is 0.276. The quantitative estimate of drug-likeness (QED) is 0.680. The molecule has 0 aliphatic heterocycles. The van der Waals surface area contributed by atoms with Gasteiger partial charge in [0, 0.05) is 16.8 Å². The molecule has 7 heteroatoms. The van der Waals surface area contributed by atoms with E-state index in [1.165, 1.54) is 0 Å². The Balaban J connectivity index is 1.62. The number of carbonyl (C=O) groups is 1. The first kappa shape index (κ1) is 17.7. The van der Waals surface area contributed by atoms with Crippen molar-refractivity contribution in [3.63, 3.8) is 0 Å². The van der Waals surface area contributed by atoms with Crippen LogP contribution in [0.15, 0.2) is 60.8 Å². The maximum absolute atomic E-state index is 10.5. The van der Waals surface area contributed by atoms with E-state index in [4.69, 9.17) is 26.2 Å². The molecule has 0 radical (unpaired) electrons. The van der Waals surface area contributed by atoms with Crippen LogP contribution in [0, 0.1) is 0 Å². The highest BCUT2D eigenvalue weighted by Gasteiger charge is 2.05. The fourth-order valence-electron chi connectivity index (χ4n) is 2.15. The van der Waals surface area contributed by atoms with E-state index >= 15 is 0 Å². The van der Waals surface area contributed by atoms with Gasteiger partial charge in [-0.05, 0) is 54.6 Å². The van der Waals surface area contributed by atoms with Crippen molar-refractivity contribution >= 4 is 17.6 Å². The van der Waals surface area contributed by atoms with Crippen molar-refractivity contribution in [2.75, 3.05) is 6.61 Å². The van der Waals surface area contributed by atoms with Gasteiger partial charge in [0.1, 0.15) is 18.1 Å². The van der Waals surface area contributed by atoms with Gasteiger partial charge in [-0.3, -0.25) is 0 Å². The molecule has 3 rings (SSSR count). The standard InChI is InChI=1S/C19H15ClN2O4/c20-14-3-1-13(2-4-14)19-21-10-9-15(22-19)11-25-16-5-7-17(8-6-16)26-12-18(23)24/h1-10H,11-12H2,(H,23,24). The number of nitrogens with zero attached hydrogens (tertiary/aromatic N) is 2. The summed E-state index contributed by atoms with van der Waals surface area (Å²) in [6, 6.07) is 15.8. The number of carboxylic acid groups (broad SMARTS) is 1. The highest BCUT2D eigenvalue weighted by Crippen LogP contribution is 2.20. The Morgan fingerprint density at radius 1 is 0.962 bits per heavy atom. The molecule has 0 aliphatic carbocycles. The van der Waals surface area contributed by atoms with Gasteiger partial charge in [-0.25, -0.2) is 14.8 Å². The van der Waals surface area contributed by atoms with Gasteiger partial charge < -0.3 is 14.6 Å². The molecule has 0 saturated heterocycles. The number of benzene rings is 2. The number of aromatic nitrogens is 2. The average Bonchev–Trinajstić information content (AvgIpc) is 2.66. The monoisotopic (exact) mass is 370 g/mol. The van der Waals surface area contributed by atoms with Gasteiger partial charge in [0.25, 0.3) is 0 Å². The fraction of sp³-hybridized carbons (Fsp3) is 0.105. The van der Waals surface area contributed by atoms with Crippen LogP contribution in [0.5, 0.6) is 11.5 Å². The van der Waals surface area contributed by atoms with E-state index in [-0.39, 0.29) is 13.2 Å². The lowest BCUT2D eigenvalue weighted by Gasteiger charge is -2.08. The Bertz CT molecular complexity index is 883. The summed E-state index contributed by atoms with van der Waals surface area (Å²) < 4.78 is 10.8. The van der Waals surface area contributed by atoms with E-state index in [1.54, 1.807) is 48.7 Å². The van der Waals surface area contributed by atoms with E-state index in [0.717, 1.165) is 11.3 Å². The molecule has 26 heavy (non-hydrogen) atoms. The Morgan fingerprint density at radius 2 is 1.62 bits per heavy atom. The van der Waals surface area contributed by atoms with Gasteiger partial charge in [-0.2, -0.15) is 0 Å². The second-order valence-corrected chi connectivity index (χ2v) is 5.76. The molecule has 3 aromatic rings. The fourth-order valence-corrected chi connectivity index (χ4v) is 2.27. The minimum Gasteiger partial charge on any atom is -0.487 e. The van der Waals surface area contributed by atoms with E-state index in [0.29, 0.717) is 22.3 Å². The molecule has 1 aromatic heterocycles. The van der Waals surface area contributed by atoms with Crippen LogP contribution in [0.3, 0.4) is 0 Å². The van der Waals surface area contributed by atoms with E-state index in [9.17, 15) is 4.79 Å². The summed E-state index contributed by atoms with van der Waals surface area (Å²) in [6.45, 7) is -0.104. The van der Waals surface area contributed by atoms with Gasteiger partial charge in [0.15, 0.2) is 12.4 Å².